The second-order valence-corrected chi connectivity index (χ2v) is 8.54. The van der Waals surface area contributed by atoms with Crippen LogP contribution in [0.5, 0.6) is 5.75 Å². The highest BCUT2D eigenvalue weighted by Crippen LogP contribution is 2.36. The van der Waals surface area contributed by atoms with Crippen LogP contribution in [0, 0.1) is 5.82 Å². The van der Waals surface area contributed by atoms with Crippen molar-refractivity contribution in [1.82, 2.24) is 0 Å². The van der Waals surface area contributed by atoms with Gasteiger partial charge in [-0.05, 0) is 60.4 Å². The molecule has 1 fully saturated rings. The Bertz CT molecular complexity index is 1280. The Morgan fingerprint density at radius 2 is 1.76 bits per heavy atom. The lowest BCUT2D eigenvalue weighted by Gasteiger charge is -2.31. The number of ether oxygens (including phenoxy) is 1. The van der Waals surface area contributed by atoms with Gasteiger partial charge in [0.1, 0.15) is 0 Å². The maximum atomic E-state index is 14.7. The summed E-state index contributed by atoms with van der Waals surface area (Å²) in [6, 6.07) is 10.8. The fourth-order valence-corrected chi connectivity index (χ4v) is 4.86. The molecule has 6 rings (SSSR count). The molecule has 4 aliphatic rings. The van der Waals surface area contributed by atoms with E-state index < -0.39 is 5.82 Å². The molecular formula is C25H21FN4O3. The van der Waals surface area contributed by atoms with Gasteiger partial charge in [-0.25, -0.2) is 4.39 Å². The largest absolute Gasteiger partial charge is 0.490 e. The van der Waals surface area contributed by atoms with E-state index in [1.165, 1.54) is 6.07 Å². The van der Waals surface area contributed by atoms with Gasteiger partial charge in [-0.3, -0.25) is 9.59 Å². The number of rotatable bonds is 3. The molecule has 8 heteroatoms. The normalized spacial score (nSPS) is 19.6. The van der Waals surface area contributed by atoms with Gasteiger partial charge in [0.05, 0.1) is 19.4 Å². The fourth-order valence-electron chi connectivity index (χ4n) is 4.86. The molecule has 0 aliphatic carbocycles. The van der Waals surface area contributed by atoms with E-state index in [1.807, 2.05) is 30.3 Å². The van der Waals surface area contributed by atoms with Gasteiger partial charge >= 0.3 is 0 Å². The number of fused-ring (bicyclic) bond motifs is 2. The van der Waals surface area contributed by atoms with Crippen LogP contribution < -0.4 is 14.5 Å². The summed E-state index contributed by atoms with van der Waals surface area (Å²) in [6.07, 6.45) is 4.68. The van der Waals surface area contributed by atoms with E-state index >= 15 is 0 Å². The molecule has 0 unspecified atom stereocenters. The summed E-state index contributed by atoms with van der Waals surface area (Å²) < 4.78 is 20.1. The number of halogens is 1. The van der Waals surface area contributed by atoms with Crippen LogP contribution in [0.25, 0.3) is 5.57 Å². The number of nitrogens with zero attached hydrogens (tertiary/aromatic N) is 4. The molecule has 0 spiro atoms. The van der Waals surface area contributed by atoms with Crippen LogP contribution in [-0.2, 0) is 16.0 Å². The van der Waals surface area contributed by atoms with E-state index in [4.69, 9.17) is 4.74 Å². The van der Waals surface area contributed by atoms with Gasteiger partial charge in [0, 0.05) is 41.9 Å². The molecule has 0 N–H and O–H groups in total. The van der Waals surface area contributed by atoms with Gasteiger partial charge < -0.3 is 14.5 Å². The third-order valence-corrected chi connectivity index (χ3v) is 6.57. The number of piperidine rings is 1. The Morgan fingerprint density at radius 1 is 0.970 bits per heavy atom. The van der Waals surface area contributed by atoms with Gasteiger partial charge in [-0.1, -0.05) is 0 Å². The quantitative estimate of drug-likeness (QED) is 0.727. The van der Waals surface area contributed by atoms with Crippen molar-refractivity contribution in [3.63, 3.8) is 0 Å². The Hall–Kier alpha value is -3.81. The summed E-state index contributed by atoms with van der Waals surface area (Å²) in [5.41, 5.74) is 4.70. The molecule has 2 aromatic carbocycles. The van der Waals surface area contributed by atoms with Crippen LogP contribution in [0.15, 0.2) is 52.2 Å². The first kappa shape index (κ1) is 19.8. The summed E-state index contributed by atoms with van der Waals surface area (Å²) >= 11 is 0. The maximum absolute atomic E-state index is 14.7. The second-order valence-electron chi connectivity index (χ2n) is 8.54. The molecule has 0 saturated carbocycles. The first-order valence-electron chi connectivity index (χ1n) is 11.1. The Morgan fingerprint density at radius 3 is 2.55 bits per heavy atom. The number of hydrogen-bond acceptors (Lipinski definition) is 5. The third-order valence-electron chi connectivity index (χ3n) is 6.57. The van der Waals surface area contributed by atoms with Gasteiger partial charge in [0.15, 0.2) is 17.3 Å². The molecule has 0 radical (unpaired) electrons. The van der Waals surface area contributed by atoms with Gasteiger partial charge in [0.25, 0.3) is 5.91 Å². The van der Waals surface area contributed by atoms with E-state index in [9.17, 15) is 14.0 Å². The summed E-state index contributed by atoms with van der Waals surface area (Å²) in [5, 5.41) is 8.01. The van der Waals surface area contributed by atoms with Crippen molar-refractivity contribution < 1.29 is 18.7 Å². The first-order chi connectivity index (χ1) is 16.1. The van der Waals surface area contributed by atoms with Crippen molar-refractivity contribution in [2.24, 2.45) is 10.2 Å². The van der Waals surface area contributed by atoms with Crippen LogP contribution >= 0.6 is 0 Å². The second kappa shape index (κ2) is 7.65. The highest BCUT2D eigenvalue weighted by Gasteiger charge is 2.35. The van der Waals surface area contributed by atoms with E-state index in [1.54, 1.807) is 16.0 Å². The smallest absolute Gasteiger partial charge is 0.279 e. The predicted molar refractivity (Wildman–Crippen MR) is 123 cm³/mol. The number of hydrogen-bond donors (Lipinski definition) is 0. The molecule has 0 aromatic heterocycles. The molecule has 2 amide bonds. The molecule has 0 atom stereocenters. The van der Waals surface area contributed by atoms with Crippen LogP contribution in [-0.4, -0.2) is 43.4 Å². The average Bonchev–Trinajstić information content (AvgIpc) is 3.50. The van der Waals surface area contributed by atoms with Crippen molar-refractivity contribution in [3.05, 3.63) is 58.9 Å². The van der Waals surface area contributed by atoms with E-state index in [0.717, 1.165) is 29.7 Å². The topological polar surface area (TPSA) is 74.6 Å². The summed E-state index contributed by atoms with van der Waals surface area (Å²) in [7, 11) is 0. The highest BCUT2D eigenvalue weighted by atomic mass is 19.1. The minimum atomic E-state index is -0.402. The molecule has 4 heterocycles. The van der Waals surface area contributed by atoms with E-state index in [2.05, 4.69) is 10.2 Å². The maximum Gasteiger partial charge on any atom is 0.279 e. The molecule has 0 bridgehead atoms. The lowest BCUT2D eigenvalue weighted by molar-refractivity contribution is -0.119. The standard InChI is InChI=1S/C25H21FN4O3/c26-21-12-16(11-15-8-10-33-24(15)21)20-14-30(25(32)23-19(20)13-27-28-23)18-6-4-17(5-7-18)29-9-2-1-3-22(29)31/h4-7,11-13H,1-3,8-10,14H2. The molecule has 2 aromatic rings. The molecule has 166 valence electrons. The monoisotopic (exact) mass is 444 g/mol. The molecule has 33 heavy (non-hydrogen) atoms. The summed E-state index contributed by atoms with van der Waals surface area (Å²) in [5.74, 6) is -0.221. The highest BCUT2D eigenvalue weighted by molar-refractivity contribution is 6.57. The Labute approximate surface area is 189 Å². The third kappa shape index (κ3) is 3.25. The average molecular weight is 444 g/mol. The number of amides is 2. The minimum Gasteiger partial charge on any atom is -0.490 e. The molecule has 4 aliphatic heterocycles. The number of anilines is 2. The molecular weight excluding hydrogens is 423 g/mol. The fraction of sp³-hybridized carbons (Fsp3) is 0.280. The van der Waals surface area contributed by atoms with E-state index in [-0.39, 0.29) is 24.1 Å². The van der Waals surface area contributed by atoms with E-state index in [0.29, 0.717) is 48.6 Å². The van der Waals surface area contributed by atoms with Gasteiger partial charge in [-0.15, -0.1) is 5.10 Å². The first-order valence-corrected chi connectivity index (χ1v) is 11.1. The zero-order valence-electron chi connectivity index (χ0n) is 17.9. The number of carbonyl (C=O) groups is 2. The van der Waals surface area contributed by atoms with Crippen molar-refractivity contribution in [2.45, 2.75) is 25.7 Å². The number of carbonyl (C=O) groups excluding carboxylic acids is 2. The van der Waals surface area contributed by atoms with Gasteiger partial charge in [0.2, 0.25) is 5.91 Å². The van der Waals surface area contributed by atoms with Gasteiger partial charge in [-0.2, -0.15) is 5.10 Å². The van der Waals surface area contributed by atoms with Crippen LogP contribution in [0.4, 0.5) is 15.8 Å². The van der Waals surface area contributed by atoms with Crippen molar-refractivity contribution >= 4 is 40.7 Å². The summed E-state index contributed by atoms with van der Waals surface area (Å²) in [6.45, 7) is 1.44. The number of benzene rings is 2. The Balaban J connectivity index is 1.35. The predicted octanol–water partition coefficient (Wildman–Crippen LogP) is 3.52. The minimum absolute atomic E-state index is 0.123. The molecule has 1 saturated heterocycles. The van der Waals surface area contributed by atoms with Crippen LogP contribution in [0.3, 0.4) is 0 Å². The Kier molecular flexibility index (Phi) is 4.60. The lowest BCUT2D eigenvalue weighted by atomic mass is 9.91. The van der Waals surface area contributed by atoms with Crippen molar-refractivity contribution in [2.75, 3.05) is 29.5 Å². The lowest BCUT2D eigenvalue weighted by Crippen LogP contribution is -2.42. The molecule has 7 nitrogen and oxygen atoms in total. The summed E-state index contributed by atoms with van der Waals surface area (Å²) in [4.78, 5) is 28.9. The zero-order chi connectivity index (χ0) is 22.5. The SMILES string of the molecule is O=C1CCCCN1c1ccc(N2CC(c3cc(F)c4c(c3)CCO4)=C3C=NN=C3C2=O)cc1. The van der Waals surface area contributed by atoms with Crippen molar-refractivity contribution in [3.8, 4) is 5.75 Å². The van der Waals surface area contributed by atoms with Crippen LogP contribution in [0.1, 0.15) is 30.4 Å². The van der Waals surface area contributed by atoms with Crippen molar-refractivity contribution in [1.29, 1.82) is 0 Å². The van der Waals surface area contributed by atoms with Crippen LogP contribution in [0.2, 0.25) is 0 Å². The zero-order valence-corrected chi connectivity index (χ0v) is 17.9.